The van der Waals surface area contributed by atoms with E-state index in [9.17, 15) is 9.59 Å². The Labute approximate surface area is 165 Å². The van der Waals surface area contributed by atoms with Gasteiger partial charge in [-0.2, -0.15) is 0 Å². The summed E-state index contributed by atoms with van der Waals surface area (Å²) < 4.78 is 0. The van der Waals surface area contributed by atoms with Gasteiger partial charge in [0.1, 0.15) is 0 Å². The minimum atomic E-state index is 0.152. The van der Waals surface area contributed by atoms with Gasteiger partial charge in [-0.1, -0.05) is 13.8 Å². The van der Waals surface area contributed by atoms with Crippen LogP contribution in [0.1, 0.15) is 78.1 Å². The van der Waals surface area contributed by atoms with Crippen molar-refractivity contribution in [2.75, 3.05) is 26.2 Å². The lowest BCUT2D eigenvalue weighted by Gasteiger charge is -2.57. The second-order valence-corrected chi connectivity index (χ2v) is 10.2. The number of nitrogens with zero attached hydrogens (tertiary/aromatic N) is 2. The number of carbonyl (C=O) groups excluding carboxylic acids is 2. The summed E-state index contributed by atoms with van der Waals surface area (Å²) in [5, 5.41) is 0. The van der Waals surface area contributed by atoms with Gasteiger partial charge in [-0.3, -0.25) is 9.59 Å². The Morgan fingerprint density at radius 1 is 0.852 bits per heavy atom. The van der Waals surface area contributed by atoms with Gasteiger partial charge in [-0.05, 0) is 81.0 Å². The molecule has 0 aromatic carbocycles. The molecule has 1 aliphatic heterocycles. The van der Waals surface area contributed by atoms with E-state index in [1.807, 2.05) is 4.90 Å². The van der Waals surface area contributed by atoms with Crippen molar-refractivity contribution in [1.29, 1.82) is 0 Å². The van der Waals surface area contributed by atoms with Gasteiger partial charge in [-0.15, -0.1) is 0 Å². The predicted octanol–water partition coefficient (Wildman–Crippen LogP) is 4.09. The Morgan fingerprint density at radius 3 is 1.93 bits per heavy atom. The van der Waals surface area contributed by atoms with Gasteiger partial charge in [0, 0.05) is 38.5 Å². The van der Waals surface area contributed by atoms with Gasteiger partial charge in [0.25, 0.3) is 0 Å². The molecule has 0 aromatic heterocycles. The zero-order valence-corrected chi connectivity index (χ0v) is 17.4. The van der Waals surface area contributed by atoms with Crippen LogP contribution in [0.4, 0.5) is 0 Å². The maximum atomic E-state index is 13.2. The lowest BCUT2D eigenvalue weighted by molar-refractivity contribution is -0.140. The quantitative estimate of drug-likeness (QED) is 0.727. The molecule has 4 saturated carbocycles. The average molecular weight is 375 g/mol. The maximum Gasteiger partial charge on any atom is 0.225 e. The Balaban J connectivity index is 1.34. The van der Waals surface area contributed by atoms with Crippen molar-refractivity contribution in [1.82, 2.24) is 9.80 Å². The Hall–Kier alpha value is -1.06. The van der Waals surface area contributed by atoms with E-state index in [0.29, 0.717) is 17.2 Å². The van der Waals surface area contributed by atoms with Crippen LogP contribution in [0, 0.1) is 29.1 Å². The lowest BCUT2D eigenvalue weighted by Crippen LogP contribution is -2.48. The third-order valence-electron chi connectivity index (χ3n) is 8.19. The van der Waals surface area contributed by atoms with Gasteiger partial charge in [0.15, 0.2) is 0 Å². The van der Waals surface area contributed by atoms with Crippen molar-refractivity contribution in [3.63, 3.8) is 0 Å². The molecule has 0 N–H and O–H groups in total. The summed E-state index contributed by atoms with van der Waals surface area (Å²) in [4.78, 5) is 30.0. The van der Waals surface area contributed by atoms with Crippen molar-refractivity contribution in [3.8, 4) is 0 Å². The van der Waals surface area contributed by atoms with E-state index in [-0.39, 0.29) is 5.92 Å². The summed E-state index contributed by atoms with van der Waals surface area (Å²) in [5.74, 6) is 3.53. The van der Waals surface area contributed by atoms with Gasteiger partial charge >= 0.3 is 0 Å². The summed E-state index contributed by atoms with van der Waals surface area (Å²) in [6.07, 6.45) is 11.8. The van der Waals surface area contributed by atoms with E-state index < -0.39 is 0 Å². The molecule has 0 atom stereocenters. The molecule has 0 radical (unpaired) electrons. The fraction of sp³-hybridized carbons (Fsp3) is 0.913. The molecular weight excluding hydrogens is 336 g/mol. The van der Waals surface area contributed by atoms with E-state index in [2.05, 4.69) is 18.7 Å². The highest BCUT2D eigenvalue weighted by Crippen LogP contribution is 2.61. The van der Waals surface area contributed by atoms with Gasteiger partial charge < -0.3 is 9.80 Å². The van der Waals surface area contributed by atoms with Crippen LogP contribution >= 0.6 is 0 Å². The molecule has 5 aliphatic rings. The maximum absolute atomic E-state index is 13.2. The van der Waals surface area contributed by atoms with Gasteiger partial charge in [0.2, 0.25) is 11.8 Å². The van der Waals surface area contributed by atoms with Crippen molar-refractivity contribution in [2.24, 2.45) is 29.1 Å². The largest absolute Gasteiger partial charge is 0.341 e. The number of amides is 2. The first kappa shape index (κ1) is 19.3. The summed E-state index contributed by atoms with van der Waals surface area (Å²) in [5.41, 5.74) is 0.323. The van der Waals surface area contributed by atoms with Crippen molar-refractivity contribution in [3.05, 3.63) is 0 Å². The first-order chi connectivity index (χ1) is 13.0. The van der Waals surface area contributed by atoms with Crippen LogP contribution in [0.15, 0.2) is 0 Å². The molecule has 0 spiro atoms. The van der Waals surface area contributed by atoms with Crippen molar-refractivity contribution in [2.45, 2.75) is 78.1 Å². The Morgan fingerprint density at radius 2 is 1.37 bits per heavy atom. The monoisotopic (exact) mass is 374 g/mol. The minimum absolute atomic E-state index is 0.152. The molecule has 5 fully saturated rings. The molecule has 5 rings (SSSR count). The molecule has 4 bridgehead atoms. The second kappa shape index (κ2) is 7.75. The zero-order chi connectivity index (χ0) is 19.0. The molecule has 4 nitrogen and oxygen atoms in total. The fourth-order valence-corrected chi connectivity index (χ4v) is 7.22. The van der Waals surface area contributed by atoms with Crippen LogP contribution in [0.5, 0.6) is 0 Å². The molecule has 4 aliphatic carbocycles. The summed E-state index contributed by atoms with van der Waals surface area (Å²) in [6.45, 7) is 7.31. The van der Waals surface area contributed by atoms with E-state index in [1.165, 1.54) is 38.5 Å². The first-order valence-corrected chi connectivity index (χ1v) is 11.6. The van der Waals surface area contributed by atoms with E-state index >= 15 is 0 Å². The first-order valence-electron chi connectivity index (χ1n) is 11.6. The molecule has 152 valence electrons. The molecule has 27 heavy (non-hydrogen) atoms. The molecule has 1 saturated heterocycles. The van der Waals surface area contributed by atoms with Crippen LogP contribution < -0.4 is 0 Å². The lowest BCUT2D eigenvalue weighted by atomic mass is 9.49. The standard InChI is InChI=1S/C23H38N2O2/c1-3-20(4-2)22(27)25-7-5-6-24(8-9-25)21(26)16-23-13-17-10-18(14-23)12-19(11-17)15-23/h17-20H,3-16H2,1-2H3. The molecule has 2 amide bonds. The molecule has 1 heterocycles. The predicted molar refractivity (Wildman–Crippen MR) is 107 cm³/mol. The average Bonchev–Trinajstić information content (AvgIpc) is 2.87. The van der Waals surface area contributed by atoms with Crippen molar-refractivity contribution < 1.29 is 9.59 Å². The Kier molecular flexibility index (Phi) is 5.53. The highest BCUT2D eigenvalue weighted by atomic mass is 16.2. The number of rotatable bonds is 5. The van der Waals surface area contributed by atoms with Crippen LogP contribution in [-0.2, 0) is 9.59 Å². The van der Waals surface area contributed by atoms with Crippen LogP contribution in [-0.4, -0.2) is 47.8 Å². The molecule has 4 heteroatoms. The molecular formula is C23H38N2O2. The van der Waals surface area contributed by atoms with E-state index in [4.69, 9.17) is 0 Å². The van der Waals surface area contributed by atoms with Crippen LogP contribution in [0.3, 0.4) is 0 Å². The Bertz CT molecular complexity index is 533. The second-order valence-electron chi connectivity index (χ2n) is 10.2. The third-order valence-corrected chi connectivity index (χ3v) is 8.19. The normalized spacial score (nSPS) is 35.6. The molecule has 0 unspecified atom stereocenters. The summed E-state index contributed by atoms with van der Waals surface area (Å²) in [6, 6.07) is 0. The zero-order valence-electron chi connectivity index (χ0n) is 17.4. The summed E-state index contributed by atoms with van der Waals surface area (Å²) in [7, 11) is 0. The highest BCUT2D eigenvalue weighted by Gasteiger charge is 2.51. The third kappa shape index (κ3) is 3.91. The molecule has 0 aromatic rings. The number of carbonyl (C=O) groups is 2. The topological polar surface area (TPSA) is 40.6 Å². The van der Waals surface area contributed by atoms with Gasteiger partial charge in [0.05, 0.1) is 0 Å². The summed E-state index contributed by atoms with van der Waals surface area (Å²) >= 11 is 0. The van der Waals surface area contributed by atoms with E-state index in [0.717, 1.165) is 69.6 Å². The van der Waals surface area contributed by atoms with Gasteiger partial charge in [-0.25, -0.2) is 0 Å². The highest BCUT2D eigenvalue weighted by molar-refractivity contribution is 5.79. The van der Waals surface area contributed by atoms with E-state index in [1.54, 1.807) is 0 Å². The number of hydrogen-bond acceptors (Lipinski definition) is 2. The SMILES string of the molecule is CCC(CC)C(=O)N1CCCN(C(=O)CC23CC4CC(CC(C4)C2)C3)CC1. The van der Waals surface area contributed by atoms with Crippen molar-refractivity contribution >= 4 is 11.8 Å². The fourth-order valence-electron chi connectivity index (χ4n) is 7.22. The minimum Gasteiger partial charge on any atom is -0.341 e. The number of hydrogen-bond donors (Lipinski definition) is 0. The van der Waals surface area contributed by atoms with Crippen LogP contribution in [0.25, 0.3) is 0 Å². The smallest absolute Gasteiger partial charge is 0.225 e. The van der Waals surface area contributed by atoms with Crippen LogP contribution in [0.2, 0.25) is 0 Å².